The van der Waals surface area contributed by atoms with Crippen LogP contribution in [-0.2, 0) is 0 Å². The van der Waals surface area contributed by atoms with Crippen LogP contribution in [0.1, 0.15) is 18.5 Å². The SMILES string of the molecule is C[C@H](Nc1ccnc(NCCOc2ccccc2)n1)c1cccc2ccccc12. The van der Waals surface area contributed by atoms with Gasteiger partial charge in [0.1, 0.15) is 18.2 Å². The first-order valence-corrected chi connectivity index (χ1v) is 9.78. The van der Waals surface area contributed by atoms with Crippen LogP contribution in [0.2, 0.25) is 0 Å². The second-order valence-corrected chi connectivity index (χ2v) is 6.79. The van der Waals surface area contributed by atoms with E-state index in [2.05, 4.69) is 70.0 Å². The molecule has 0 bridgehead atoms. The fourth-order valence-electron chi connectivity index (χ4n) is 3.30. The maximum absolute atomic E-state index is 5.69. The number of rotatable bonds is 8. The Morgan fingerprint density at radius 1 is 0.897 bits per heavy atom. The Labute approximate surface area is 170 Å². The average Bonchev–Trinajstić information content (AvgIpc) is 2.77. The lowest BCUT2D eigenvalue weighted by atomic mass is 10.00. The summed E-state index contributed by atoms with van der Waals surface area (Å²) in [5, 5.41) is 9.18. The maximum Gasteiger partial charge on any atom is 0.224 e. The lowest BCUT2D eigenvalue weighted by Crippen LogP contribution is -2.14. The smallest absolute Gasteiger partial charge is 0.224 e. The summed E-state index contributed by atoms with van der Waals surface area (Å²) in [7, 11) is 0. The number of para-hydroxylation sites is 1. The van der Waals surface area contributed by atoms with Gasteiger partial charge in [-0.15, -0.1) is 0 Å². The van der Waals surface area contributed by atoms with Crippen LogP contribution in [0.15, 0.2) is 85.1 Å². The molecule has 1 heterocycles. The van der Waals surface area contributed by atoms with Crippen LogP contribution < -0.4 is 15.4 Å². The summed E-state index contributed by atoms with van der Waals surface area (Å²) in [5.74, 6) is 2.22. The predicted molar refractivity (Wildman–Crippen MR) is 118 cm³/mol. The highest BCUT2D eigenvalue weighted by molar-refractivity contribution is 5.86. The summed E-state index contributed by atoms with van der Waals surface area (Å²) in [6, 6.07) is 26.6. The first-order valence-electron chi connectivity index (χ1n) is 9.78. The van der Waals surface area contributed by atoms with E-state index in [4.69, 9.17) is 4.74 Å². The molecule has 4 aromatic rings. The molecule has 0 saturated heterocycles. The minimum atomic E-state index is 0.116. The van der Waals surface area contributed by atoms with Crippen molar-refractivity contribution in [2.75, 3.05) is 23.8 Å². The topological polar surface area (TPSA) is 59.1 Å². The molecule has 0 saturated carbocycles. The van der Waals surface area contributed by atoms with E-state index in [-0.39, 0.29) is 6.04 Å². The molecule has 1 atom stereocenters. The van der Waals surface area contributed by atoms with Crippen molar-refractivity contribution in [2.45, 2.75) is 13.0 Å². The number of anilines is 2. The molecule has 0 fully saturated rings. The van der Waals surface area contributed by atoms with E-state index < -0.39 is 0 Å². The van der Waals surface area contributed by atoms with Crippen molar-refractivity contribution in [1.82, 2.24) is 9.97 Å². The molecule has 1 aromatic heterocycles. The van der Waals surface area contributed by atoms with Crippen LogP contribution in [0.4, 0.5) is 11.8 Å². The molecular weight excluding hydrogens is 360 g/mol. The molecule has 146 valence electrons. The van der Waals surface area contributed by atoms with E-state index in [0.717, 1.165) is 11.6 Å². The number of ether oxygens (including phenoxy) is 1. The molecule has 5 heteroatoms. The summed E-state index contributed by atoms with van der Waals surface area (Å²) in [5.41, 5.74) is 1.24. The molecular formula is C24H24N4O. The average molecular weight is 384 g/mol. The minimum absolute atomic E-state index is 0.116. The molecule has 4 rings (SSSR count). The summed E-state index contributed by atoms with van der Waals surface area (Å²) in [6.07, 6.45) is 1.76. The normalized spacial score (nSPS) is 11.8. The quantitative estimate of drug-likeness (QED) is 0.404. The predicted octanol–water partition coefficient (Wildman–Crippen LogP) is 5.29. The fourth-order valence-corrected chi connectivity index (χ4v) is 3.30. The van der Waals surface area contributed by atoms with Crippen molar-refractivity contribution in [1.29, 1.82) is 0 Å². The highest BCUT2D eigenvalue weighted by Gasteiger charge is 2.10. The Hall–Kier alpha value is -3.60. The zero-order chi connectivity index (χ0) is 19.9. The van der Waals surface area contributed by atoms with Gasteiger partial charge in [0.2, 0.25) is 5.95 Å². The van der Waals surface area contributed by atoms with Gasteiger partial charge >= 0.3 is 0 Å². The van der Waals surface area contributed by atoms with Gasteiger partial charge in [0.15, 0.2) is 0 Å². The Kier molecular flexibility index (Phi) is 5.86. The summed E-state index contributed by atoms with van der Waals surface area (Å²) >= 11 is 0. The Bertz CT molecular complexity index is 1060. The van der Waals surface area contributed by atoms with E-state index in [0.29, 0.717) is 19.1 Å². The number of hydrogen-bond donors (Lipinski definition) is 2. The zero-order valence-electron chi connectivity index (χ0n) is 16.4. The monoisotopic (exact) mass is 384 g/mol. The van der Waals surface area contributed by atoms with Gasteiger partial charge in [0, 0.05) is 6.20 Å². The third-order valence-electron chi connectivity index (χ3n) is 4.71. The van der Waals surface area contributed by atoms with Crippen molar-refractivity contribution in [3.05, 3.63) is 90.6 Å². The second kappa shape index (κ2) is 9.06. The lowest BCUT2D eigenvalue weighted by molar-refractivity contribution is 0.332. The Balaban J connectivity index is 1.37. The molecule has 29 heavy (non-hydrogen) atoms. The van der Waals surface area contributed by atoms with Crippen LogP contribution in [-0.4, -0.2) is 23.1 Å². The van der Waals surface area contributed by atoms with Crippen molar-refractivity contribution >= 4 is 22.5 Å². The van der Waals surface area contributed by atoms with Gasteiger partial charge in [0.25, 0.3) is 0 Å². The van der Waals surface area contributed by atoms with E-state index in [1.165, 1.54) is 16.3 Å². The number of nitrogens with one attached hydrogen (secondary N) is 2. The molecule has 3 aromatic carbocycles. The summed E-state index contributed by atoms with van der Waals surface area (Å²) in [4.78, 5) is 8.87. The molecule has 0 aliphatic carbocycles. The van der Waals surface area contributed by atoms with E-state index in [1.54, 1.807) is 6.20 Å². The zero-order valence-corrected chi connectivity index (χ0v) is 16.4. The Morgan fingerprint density at radius 2 is 1.69 bits per heavy atom. The first kappa shape index (κ1) is 18.7. The van der Waals surface area contributed by atoms with Gasteiger partial charge in [-0.2, -0.15) is 4.98 Å². The number of hydrogen-bond acceptors (Lipinski definition) is 5. The molecule has 2 N–H and O–H groups in total. The highest BCUT2D eigenvalue weighted by atomic mass is 16.5. The van der Waals surface area contributed by atoms with Crippen molar-refractivity contribution in [2.24, 2.45) is 0 Å². The summed E-state index contributed by atoms with van der Waals surface area (Å²) in [6.45, 7) is 3.30. The molecule has 0 amide bonds. The third-order valence-corrected chi connectivity index (χ3v) is 4.71. The molecule has 0 aliphatic heterocycles. The first-order chi connectivity index (χ1) is 14.3. The highest BCUT2D eigenvalue weighted by Crippen LogP contribution is 2.26. The third kappa shape index (κ3) is 4.82. The van der Waals surface area contributed by atoms with Crippen molar-refractivity contribution in [3.63, 3.8) is 0 Å². The van der Waals surface area contributed by atoms with Gasteiger partial charge in [-0.05, 0) is 41.5 Å². The molecule has 0 unspecified atom stereocenters. The van der Waals surface area contributed by atoms with Crippen LogP contribution in [0.25, 0.3) is 10.8 Å². The van der Waals surface area contributed by atoms with Gasteiger partial charge in [-0.3, -0.25) is 0 Å². The van der Waals surface area contributed by atoms with Crippen LogP contribution in [0.5, 0.6) is 5.75 Å². The standard InChI is InChI=1S/C24H24N4O/c1-18(21-13-7-9-19-8-5-6-12-22(19)21)27-23-14-15-25-24(28-23)26-16-17-29-20-10-3-2-4-11-20/h2-15,18H,16-17H2,1H3,(H2,25,26,27,28)/t18-/m0/s1. The van der Waals surface area contributed by atoms with Crippen molar-refractivity contribution < 1.29 is 4.74 Å². The number of benzene rings is 3. The van der Waals surface area contributed by atoms with E-state index >= 15 is 0 Å². The molecule has 0 aliphatic rings. The lowest BCUT2D eigenvalue weighted by Gasteiger charge is -2.17. The summed E-state index contributed by atoms with van der Waals surface area (Å²) < 4.78 is 5.69. The van der Waals surface area contributed by atoms with E-state index in [9.17, 15) is 0 Å². The number of nitrogens with zero attached hydrogens (tertiary/aromatic N) is 2. The molecule has 5 nitrogen and oxygen atoms in total. The van der Waals surface area contributed by atoms with Gasteiger partial charge in [-0.25, -0.2) is 4.98 Å². The Morgan fingerprint density at radius 3 is 2.59 bits per heavy atom. The van der Waals surface area contributed by atoms with Gasteiger partial charge < -0.3 is 15.4 Å². The minimum Gasteiger partial charge on any atom is -0.492 e. The molecule has 0 spiro atoms. The van der Waals surface area contributed by atoms with Crippen LogP contribution >= 0.6 is 0 Å². The molecule has 0 radical (unpaired) electrons. The van der Waals surface area contributed by atoms with Gasteiger partial charge in [0.05, 0.1) is 12.6 Å². The second-order valence-electron chi connectivity index (χ2n) is 6.79. The largest absolute Gasteiger partial charge is 0.492 e. The van der Waals surface area contributed by atoms with E-state index in [1.807, 2.05) is 36.4 Å². The van der Waals surface area contributed by atoms with Crippen molar-refractivity contribution in [3.8, 4) is 5.75 Å². The fraction of sp³-hybridized carbons (Fsp3) is 0.167. The number of aromatic nitrogens is 2. The maximum atomic E-state index is 5.69. The van der Waals surface area contributed by atoms with Crippen LogP contribution in [0.3, 0.4) is 0 Å². The van der Waals surface area contributed by atoms with Crippen LogP contribution in [0, 0.1) is 0 Å². The van der Waals surface area contributed by atoms with Gasteiger partial charge in [-0.1, -0.05) is 60.7 Å². The number of fused-ring (bicyclic) bond motifs is 1.